The molecule has 1 unspecified atom stereocenters. The highest BCUT2D eigenvalue weighted by molar-refractivity contribution is 7.89. The molecule has 1 aromatic heterocycles. The van der Waals surface area contributed by atoms with Gasteiger partial charge in [0.15, 0.2) is 0 Å². The maximum absolute atomic E-state index is 12.9. The highest BCUT2D eigenvalue weighted by Gasteiger charge is 2.46. The fraction of sp³-hybridized carbons (Fsp3) is 0.500. The number of sulfonamides is 1. The number of ether oxygens (including phenoxy) is 1. The topological polar surface area (TPSA) is 101 Å². The van der Waals surface area contributed by atoms with Crippen LogP contribution in [0, 0.1) is 5.92 Å². The summed E-state index contributed by atoms with van der Waals surface area (Å²) in [5.41, 5.74) is -0.700. The lowest BCUT2D eigenvalue weighted by Crippen LogP contribution is -2.50. The first-order valence-corrected chi connectivity index (χ1v) is 11.9. The van der Waals surface area contributed by atoms with Crippen LogP contribution in [0.15, 0.2) is 48.8 Å². The zero-order chi connectivity index (χ0) is 22.7. The minimum atomic E-state index is -3.66. The van der Waals surface area contributed by atoms with Crippen LogP contribution in [0.2, 0.25) is 0 Å². The molecular formula is C22H30N4O4S. The van der Waals surface area contributed by atoms with Crippen LogP contribution in [-0.4, -0.2) is 47.2 Å². The van der Waals surface area contributed by atoms with Crippen LogP contribution in [0.5, 0.6) is 0 Å². The van der Waals surface area contributed by atoms with Crippen molar-refractivity contribution < 1.29 is 17.9 Å². The Morgan fingerprint density at radius 3 is 2.48 bits per heavy atom. The van der Waals surface area contributed by atoms with Gasteiger partial charge in [-0.1, -0.05) is 30.3 Å². The molecule has 0 aliphatic carbocycles. The molecule has 1 atom stereocenters. The summed E-state index contributed by atoms with van der Waals surface area (Å²) >= 11 is 0. The molecule has 31 heavy (non-hydrogen) atoms. The number of likely N-dealkylation sites (tertiary alicyclic amines) is 1. The van der Waals surface area contributed by atoms with E-state index in [4.69, 9.17) is 4.74 Å². The van der Waals surface area contributed by atoms with E-state index in [0.29, 0.717) is 18.8 Å². The van der Waals surface area contributed by atoms with Crippen molar-refractivity contribution in [2.75, 3.05) is 12.3 Å². The predicted octanol–water partition coefficient (Wildman–Crippen LogP) is 3.07. The summed E-state index contributed by atoms with van der Waals surface area (Å²) in [6.07, 6.45) is 3.31. The van der Waals surface area contributed by atoms with Crippen LogP contribution >= 0.6 is 0 Å². The first-order chi connectivity index (χ1) is 14.5. The number of carbonyl (C=O) groups is 1. The molecular weight excluding hydrogens is 416 g/mol. The molecule has 3 rings (SSSR count). The monoisotopic (exact) mass is 446 g/mol. The van der Waals surface area contributed by atoms with Crippen molar-refractivity contribution in [1.29, 1.82) is 0 Å². The van der Waals surface area contributed by atoms with Gasteiger partial charge in [0.05, 0.1) is 11.3 Å². The number of hydrogen-bond donors (Lipinski definition) is 1. The second-order valence-corrected chi connectivity index (χ2v) is 10.7. The number of nitrogens with one attached hydrogen (secondary N) is 1. The van der Waals surface area contributed by atoms with E-state index in [1.165, 1.54) is 0 Å². The molecule has 1 saturated heterocycles. The molecule has 0 radical (unpaired) electrons. The van der Waals surface area contributed by atoms with Gasteiger partial charge in [0.1, 0.15) is 12.4 Å². The van der Waals surface area contributed by atoms with E-state index in [9.17, 15) is 13.2 Å². The van der Waals surface area contributed by atoms with Crippen LogP contribution in [-0.2, 0) is 26.9 Å². The number of amides is 1. The molecule has 0 bridgehead atoms. The third-order valence-corrected chi connectivity index (χ3v) is 7.44. The van der Waals surface area contributed by atoms with Crippen LogP contribution in [0.25, 0.3) is 0 Å². The van der Waals surface area contributed by atoms with Crippen molar-refractivity contribution in [3.05, 3.63) is 60.2 Å². The summed E-state index contributed by atoms with van der Waals surface area (Å²) in [6.45, 7) is 7.86. The third-order valence-electron chi connectivity index (χ3n) is 5.78. The molecule has 2 heterocycles. The standard InChI is InChI=1S/C22H30N4O4S/c1-21(2,19-23-12-8-13-24-19)25-31(28,29)16-18-11-14-26(22(18,3)4)20(27)30-15-17-9-6-5-7-10-17/h5-10,12-13,18,25H,11,14-16H2,1-4H3. The van der Waals surface area contributed by atoms with Gasteiger partial charge in [0.2, 0.25) is 10.0 Å². The van der Waals surface area contributed by atoms with Crippen molar-refractivity contribution in [1.82, 2.24) is 19.6 Å². The number of carbonyl (C=O) groups excluding carboxylic acids is 1. The fourth-order valence-electron chi connectivity index (χ4n) is 3.92. The lowest BCUT2D eigenvalue weighted by Gasteiger charge is -2.35. The minimum absolute atomic E-state index is 0.0985. The summed E-state index contributed by atoms with van der Waals surface area (Å²) in [5.74, 6) is 0.0655. The molecule has 1 N–H and O–H groups in total. The quantitative estimate of drug-likeness (QED) is 0.701. The summed E-state index contributed by atoms with van der Waals surface area (Å²) in [6, 6.07) is 11.1. The van der Waals surface area contributed by atoms with Crippen LogP contribution < -0.4 is 4.72 Å². The molecule has 1 aliphatic rings. The largest absolute Gasteiger partial charge is 0.445 e. The van der Waals surface area contributed by atoms with E-state index in [2.05, 4.69) is 14.7 Å². The summed E-state index contributed by atoms with van der Waals surface area (Å²) < 4.78 is 34.1. The third kappa shape index (κ3) is 5.59. The smallest absolute Gasteiger partial charge is 0.410 e. The van der Waals surface area contributed by atoms with E-state index in [-0.39, 0.29) is 18.3 Å². The first kappa shape index (κ1) is 23.1. The zero-order valence-electron chi connectivity index (χ0n) is 18.4. The Morgan fingerprint density at radius 1 is 1.19 bits per heavy atom. The highest BCUT2D eigenvalue weighted by Crippen LogP contribution is 2.36. The highest BCUT2D eigenvalue weighted by atomic mass is 32.2. The Kier molecular flexibility index (Phi) is 6.66. The van der Waals surface area contributed by atoms with Gasteiger partial charge < -0.3 is 9.64 Å². The Labute approximate surface area is 184 Å². The Morgan fingerprint density at radius 2 is 1.84 bits per heavy atom. The number of hydrogen-bond acceptors (Lipinski definition) is 6. The molecule has 9 heteroatoms. The molecule has 1 aromatic carbocycles. The van der Waals surface area contributed by atoms with Gasteiger partial charge in [-0.15, -0.1) is 0 Å². The predicted molar refractivity (Wildman–Crippen MR) is 117 cm³/mol. The maximum Gasteiger partial charge on any atom is 0.410 e. The second-order valence-electron chi connectivity index (χ2n) is 8.91. The Hall–Kier alpha value is -2.52. The lowest BCUT2D eigenvalue weighted by atomic mass is 9.90. The van der Waals surface area contributed by atoms with Gasteiger partial charge in [0, 0.05) is 24.5 Å². The van der Waals surface area contributed by atoms with Gasteiger partial charge in [-0.05, 0) is 51.7 Å². The van der Waals surface area contributed by atoms with E-state index in [1.54, 1.807) is 37.2 Å². The van der Waals surface area contributed by atoms with Crippen LogP contribution in [0.1, 0.15) is 45.5 Å². The average molecular weight is 447 g/mol. The van der Waals surface area contributed by atoms with Crippen molar-refractivity contribution >= 4 is 16.1 Å². The summed E-state index contributed by atoms with van der Waals surface area (Å²) in [4.78, 5) is 22.6. The summed E-state index contributed by atoms with van der Waals surface area (Å²) in [7, 11) is -3.66. The van der Waals surface area contributed by atoms with Gasteiger partial charge >= 0.3 is 6.09 Å². The normalized spacial score (nSPS) is 18.7. The minimum Gasteiger partial charge on any atom is -0.445 e. The fourth-order valence-corrected chi connectivity index (χ4v) is 5.98. The van der Waals surface area contributed by atoms with E-state index >= 15 is 0 Å². The van der Waals surface area contributed by atoms with Crippen LogP contribution in [0.4, 0.5) is 4.79 Å². The van der Waals surface area contributed by atoms with Gasteiger partial charge in [-0.3, -0.25) is 0 Å². The average Bonchev–Trinajstić information content (AvgIpc) is 3.00. The number of benzene rings is 1. The molecule has 0 spiro atoms. The van der Waals surface area contributed by atoms with E-state index in [1.807, 2.05) is 44.2 Å². The first-order valence-electron chi connectivity index (χ1n) is 10.3. The molecule has 0 saturated carbocycles. The van der Waals surface area contributed by atoms with E-state index in [0.717, 1.165) is 5.56 Å². The second kappa shape index (κ2) is 8.92. The van der Waals surface area contributed by atoms with Gasteiger partial charge in [-0.25, -0.2) is 27.9 Å². The van der Waals surface area contributed by atoms with Crippen molar-refractivity contribution in [2.45, 2.75) is 51.8 Å². The summed E-state index contributed by atoms with van der Waals surface area (Å²) in [5, 5.41) is 0. The molecule has 1 amide bonds. The van der Waals surface area contributed by atoms with Gasteiger partial charge in [0.25, 0.3) is 0 Å². The van der Waals surface area contributed by atoms with E-state index < -0.39 is 27.2 Å². The molecule has 8 nitrogen and oxygen atoms in total. The van der Waals surface area contributed by atoms with Gasteiger partial charge in [-0.2, -0.15) is 0 Å². The number of nitrogens with zero attached hydrogens (tertiary/aromatic N) is 3. The SMILES string of the molecule is CC(C)(NS(=O)(=O)CC1CCN(C(=O)OCc2ccccc2)C1(C)C)c1ncccn1. The van der Waals surface area contributed by atoms with Crippen LogP contribution in [0.3, 0.4) is 0 Å². The molecule has 1 aliphatic heterocycles. The Bertz CT molecular complexity index is 995. The Balaban J connectivity index is 1.63. The molecule has 1 fully saturated rings. The maximum atomic E-state index is 12.9. The van der Waals surface area contributed by atoms with Crippen molar-refractivity contribution in [2.24, 2.45) is 5.92 Å². The van der Waals surface area contributed by atoms with Crippen molar-refractivity contribution in [3.8, 4) is 0 Å². The van der Waals surface area contributed by atoms with Crippen molar-refractivity contribution in [3.63, 3.8) is 0 Å². The lowest BCUT2D eigenvalue weighted by molar-refractivity contribution is 0.0680. The molecule has 168 valence electrons. The number of aromatic nitrogens is 2. The molecule has 2 aromatic rings. The zero-order valence-corrected chi connectivity index (χ0v) is 19.2. The number of rotatable bonds is 7.